The zero-order chi connectivity index (χ0) is 17.8. The predicted molar refractivity (Wildman–Crippen MR) is 95.9 cm³/mol. The summed E-state index contributed by atoms with van der Waals surface area (Å²) in [6.45, 7) is 7.56. The van der Waals surface area contributed by atoms with Crippen LogP contribution in [0.15, 0.2) is 23.1 Å². The molecule has 1 aliphatic rings. The van der Waals surface area contributed by atoms with Crippen molar-refractivity contribution < 1.29 is 13.2 Å². The van der Waals surface area contributed by atoms with Crippen LogP contribution in [0.3, 0.4) is 0 Å². The van der Waals surface area contributed by atoms with Gasteiger partial charge in [0.25, 0.3) is 0 Å². The Hall–Kier alpha value is -1.40. The van der Waals surface area contributed by atoms with Crippen LogP contribution in [-0.4, -0.2) is 38.7 Å². The third-order valence-electron chi connectivity index (χ3n) is 4.81. The van der Waals surface area contributed by atoms with Gasteiger partial charge < -0.3 is 10.6 Å². The van der Waals surface area contributed by atoms with E-state index < -0.39 is 14.6 Å². The van der Waals surface area contributed by atoms with Crippen molar-refractivity contribution in [3.63, 3.8) is 0 Å². The van der Waals surface area contributed by atoms with Crippen LogP contribution >= 0.6 is 0 Å². The fourth-order valence-corrected chi connectivity index (χ4v) is 5.77. The van der Waals surface area contributed by atoms with Crippen molar-refractivity contribution in [3.8, 4) is 0 Å². The highest BCUT2D eigenvalue weighted by Gasteiger charge is 2.53. The number of aryl methyl sites for hydroxylation is 2. The minimum absolute atomic E-state index is 0.297. The van der Waals surface area contributed by atoms with Gasteiger partial charge in [-0.15, -0.1) is 0 Å². The molecule has 0 bridgehead atoms. The minimum atomic E-state index is -3.73. The lowest BCUT2D eigenvalue weighted by molar-refractivity contribution is -0.123. The molecule has 1 aromatic rings. The van der Waals surface area contributed by atoms with Crippen LogP contribution in [0.1, 0.15) is 43.7 Å². The normalized spacial score (nSPS) is 17.0. The molecule has 1 aromatic carbocycles. The lowest BCUT2D eigenvalue weighted by Crippen LogP contribution is -2.51. The summed E-state index contributed by atoms with van der Waals surface area (Å²) in [6, 6.07) is 5.40. The molecule has 0 aromatic heterocycles. The van der Waals surface area contributed by atoms with E-state index in [0.717, 1.165) is 24.9 Å². The van der Waals surface area contributed by atoms with Gasteiger partial charge in [0, 0.05) is 13.1 Å². The van der Waals surface area contributed by atoms with Gasteiger partial charge >= 0.3 is 0 Å². The van der Waals surface area contributed by atoms with Crippen molar-refractivity contribution in [1.82, 2.24) is 10.6 Å². The number of carbonyl (C=O) groups is 1. The lowest BCUT2D eigenvalue weighted by atomic mass is 10.1. The van der Waals surface area contributed by atoms with E-state index in [1.54, 1.807) is 13.0 Å². The van der Waals surface area contributed by atoms with Crippen molar-refractivity contribution in [2.45, 2.75) is 56.1 Å². The van der Waals surface area contributed by atoms with Crippen LogP contribution in [0.2, 0.25) is 0 Å². The monoisotopic (exact) mass is 352 g/mol. The number of amides is 1. The van der Waals surface area contributed by atoms with Gasteiger partial charge in [0.2, 0.25) is 5.91 Å². The minimum Gasteiger partial charge on any atom is -0.353 e. The van der Waals surface area contributed by atoms with E-state index in [9.17, 15) is 13.2 Å². The molecule has 134 valence electrons. The Morgan fingerprint density at radius 1 is 1.17 bits per heavy atom. The van der Waals surface area contributed by atoms with Gasteiger partial charge in [0.05, 0.1) is 4.90 Å². The Morgan fingerprint density at radius 3 is 2.46 bits per heavy atom. The van der Waals surface area contributed by atoms with Gasteiger partial charge in [-0.05, 0) is 50.4 Å². The average Bonchev–Trinajstić information content (AvgIpc) is 3.05. The van der Waals surface area contributed by atoms with E-state index in [-0.39, 0.29) is 5.91 Å². The summed E-state index contributed by atoms with van der Waals surface area (Å²) >= 11 is 0. The van der Waals surface area contributed by atoms with Gasteiger partial charge in [-0.1, -0.05) is 31.9 Å². The number of hydrogen-bond donors (Lipinski definition) is 2. The van der Waals surface area contributed by atoms with Crippen LogP contribution in [0.4, 0.5) is 0 Å². The van der Waals surface area contributed by atoms with Crippen LogP contribution in [0, 0.1) is 13.8 Å². The predicted octanol–water partition coefficient (Wildman–Crippen LogP) is 2.12. The summed E-state index contributed by atoms with van der Waals surface area (Å²) in [5, 5.41) is 5.96. The molecule has 6 heteroatoms. The van der Waals surface area contributed by atoms with Crippen LogP contribution in [-0.2, 0) is 14.6 Å². The number of carbonyl (C=O) groups excluding carboxylic acids is 1. The third kappa shape index (κ3) is 3.49. The molecule has 5 nitrogen and oxygen atoms in total. The van der Waals surface area contributed by atoms with Gasteiger partial charge in [-0.3, -0.25) is 4.79 Å². The second-order valence-corrected chi connectivity index (χ2v) is 8.81. The fraction of sp³-hybridized carbons (Fsp3) is 0.611. The number of likely N-dealkylation sites (N-methyl/N-ethyl adjacent to an activating group) is 1. The maximum absolute atomic E-state index is 13.4. The lowest BCUT2D eigenvalue weighted by Gasteiger charge is -2.28. The van der Waals surface area contributed by atoms with Crippen molar-refractivity contribution in [2.24, 2.45) is 0 Å². The molecule has 2 rings (SSSR count). The van der Waals surface area contributed by atoms with Gasteiger partial charge in [0.1, 0.15) is 0 Å². The van der Waals surface area contributed by atoms with Gasteiger partial charge in [-0.25, -0.2) is 8.42 Å². The van der Waals surface area contributed by atoms with E-state index >= 15 is 0 Å². The highest BCUT2D eigenvalue weighted by molar-refractivity contribution is 7.93. The molecule has 0 radical (unpaired) electrons. The van der Waals surface area contributed by atoms with E-state index in [2.05, 4.69) is 10.6 Å². The summed E-state index contributed by atoms with van der Waals surface area (Å²) in [5.41, 5.74) is 1.59. The zero-order valence-corrected chi connectivity index (χ0v) is 15.6. The Morgan fingerprint density at radius 2 is 1.83 bits per heavy atom. The molecule has 1 saturated carbocycles. The number of hydrogen-bond acceptors (Lipinski definition) is 4. The molecule has 1 aliphatic carbocycles. The molecule has 24 heavy (non-hydrogen) atoms. The highest BCUT2D eigenvalue weighted by Crippen LogP contribution is 2.41. The molecule has 1 fully saturated rings. The smallest absolute Gasteiger partial charge is 0.241 e. The molecule has 0 aliphatic heterocycles. The first kappa shape index (κ1) is 18.9. The largest absolute Gasteiger partial charge is 0.353 e. The molecule has 0 unspecified atom stereocenters. The quantitative estimate of drug-likeness (QED) is 0.737. The molecule has 0 spiro atoms. The van der Waals surface area contributed by atoms with Crippen molar-refractivity contribution in [1.29, 1.82) is 0 Å². The Balaban J connectivity index is 2.35. The van der Waals surface area contributed by atoms with E-state index in [0.29, 0.717) is 36.4 Å². The van der Waals surface area contributed by atoms with E-state index in [1.165, 1.54) is 0 Å². The van der Waals surface area contributed by atoms with Crippen molar-refractivity contribution in [2.75, 3.05) is 19.6 Å². The zero-order valence-electron chi connectivity index (χ0n) is 14.8. The molecular formula is C18H28N2O3S. The summed E-state index contributed by atoms with van der Waals surface area (Å²) < 4.78 is 25.4. The summed E-state index contributed by atoms with van der Waals surface area (Å²) in [4.78, 5) is 13.1. The van der Waals surface area contributed by atoms with Gasteiger partial charge in [-0.2, -0.15) is 0 Å². The molecule has 0 atom stereocenters. The second kappa shape index (κ2) is 7.66. The van der Waals surface area contributed by atoms with Crippen LogP contribution in [0.5, 0.6) is 0 Å². The first-order valence-electron chi connectivity index (χ1n) is 8.66. The maximum atomic E-state index is 13.4. The average molecular weight is 353 g/mol. The SMILES string of the molecule is CCNCCNC(=O)C1(S(=O)(=O)c2cc(C)ccc2C)CCCC1. The highest BCUT2D eigenvalue weighted by atomic mass is 32.2. The first-order chi connectivity index (χ1) is 11.3. The molecule has 0 saturated heterocycles. The van der Waals surface area contributed by atoms with Crippen LogP contribution < -0.4 is 10.6 Å². The van der Waals surface area contributed by atoms with Crippen LogP contribution in [0.25, 0.3) is 0 Å². The standard InChI is InChI=1S/C18H28N2O3S/c1-4-19-11-12-20-17(21)18(9-5-6-10-18)24(22,23)16-13-14(2)7-8-15(16)3/h7-8,13,19H,4-6,9-12H2,1-3H3,(H,20,21). The fourth-order valence-electron chi connectivity index (χ4n) is 3.37. The number of benzene rings is 1. The molecule has 1 amide bonds. The van der Waals surface area contributed by atoms with E-state index in [4.69, 9.17) is 0 Å². The number of sulfone groups is 1. The second-order valence-electron chi connectivity index (χ2n) is 6.58. The topological polar surface area (TPSA) is 75.3 Å². The van der Waals surface area contributed by atoms with Crippen molar-refractivity contribution in [3.05, 3.63) is 29.3 Å². The summed E-state index contributed by atoms with van der Waals surface area (Å²) in [6.07, 6.45) is 2.33. The Kier molecular flexibility index (Phi) is 6.04. The number of nitrogens with one attached hydrogen (secondary N) is 2. The Labute approximate surface area is 145 Å². The molecule has 0 heterocycles. The first-order valence-corrected chi connectivity index (χ1v) is 10.1. The molecule has 2 N–H and O–H groups in total. The third-order valence-corrected chi connectivity index (χ3v) is 7.45. The van der Waals surface area contributed by atoms with Crippen molar-refractivity contribution >= 4 is 15.7 Å². The number of rotatable bonds is 7. The Bertz CT molecular complexity index is 692. The van der Waals surface area contributed by atoms with E-state index in [1.807, 2.05) is 26.0 Å². The molecular weight excluding hydrogens is 324 g/mol. The summed E-state index contributed by atoms with van der Waals surface area (Å²) in [7, 11) is -3.73. The maximum Gasteiger partial charge on any atom is 0.241 e. The summed E-state index contributed by atoms with van der Waals surface area (Å²) in [5.74, 6) is -0.348. The van der Waals surface area contributed by atoms with Gasteiger partial charge in [0.15, 0.2) is 14.6 Å².